The Morgan fingerprint density at radius 3 is 2.71 bits per heavy atom. The van der Waals surface area contributed by atoms with E-state index in [1.54, 1.807) is 45.0 Å². The smallest absolute Gasteiger partial charge is 0.431 e. The maximum absolute atomic E-state index is 11.9. The van der Waals surface area contributed by atoms with E-state index in [-0.39, 0.29) is 6.61 Å². The monoisotopic (exact) mass is 292 g/mol. The number of para-hydroxylation sites is 1. The molecule has 1 amide bonds. The van der Waals surface area contributed by atoms with Crippen molar-refractivity contribution in [3.63, 3.8) is 0 Å². The zero-order valence-electron chi connectivity index (χ0n) is 12.0. The Morgan fingerprint density at radius 1 is 1.29 bits per heavy atom. The van der Waals surface area contributed by atoms with Gasteiger partial charge in [0.15, 0.2) is 6.61 Å². The van der Waals surface area contributed by atoms with Crippen molar-refractivity contribution >= 4 is 23.0 Å². The van der Waals surface area contributed by atoms with Crippen molar-refractivity contribution in [1.82, 2.24) is 20.5 Å². The third kappa shape index (κ3) is 3.99. The minimum Gasteiger partial charge on any atom is -0.442 e. The molecule has 0 saturated heterocycles. The molecule has 1 heterocycles. The molecule has 0 aliphatic rings. The maximum Gasteiger partial charge on any atom is 0.431 e. The minimum absolute atomic E-state index is 0.382. The average molecular weight is 292 g/mol. The molecule has 112 valence electrons. The Morgan fingerprint density at radius 2 is 2.00 bits per heavy atom. The molecule has 8 heteroatoms. The van der Waals surface area contributed by atoms with Crippen molar-refractivity contribution in [3.8, 4) is 0 Å². The van der Waals surface area contributed by atoms with Crippen LogP contribution in [0.5, 0.6) is 0 Å². The number of nitrogens with zero attached hydrogens (tertiary/aromatic N) is 3. The van der Waals surface area contributed by atoms with E-state index in [9.17, 15) is 9.59 Å². The fourth-order valence-corrected chi connectivity index (χ4v) is 1.57. The molecule has 21 heavy (non-hydrogen) atoms. The van der Waals surface area contributed by atoms with Crippen molar-refractivity contribution < 1.29 is 19.2 Å². The van der Waals surface area contributed by atoms with E-state index in [1.807, 2.05) is 5.48 Å². The molecule has 0 unspecified atom stereocenters. The van der Waals surface area contributed by atoms with Gasteiger partial charge in [-0.1, -0.05) is 17.3 Å². The van der Waals surface area contributed by atoms with Crippen molar-refractivity contribution in [2.45, 2.75) is 26.4 Å². The quantitative estimate of drug-likeness (QED) is 0.862. The topological polar surface area (TPSA) is 95.3 Å². The van der Waals surface area contributed by atoms with Gasteiger partial charge in [0.05, 0.1) is 5.52 Å². The van der Waals surface area contributed by atoms with Crippen LogP contribution in [0.25, 0.3) is 11.0 Å². The molecule has 0 fully saturated rings. The van der Waals surface area contributed by atoms with Crippen LogP contribution in [0, 0.1) is 0 Å². The number of hydrogen-bond acceptors (Lipinski definition) is 6. The lowest BCUT2D eigenvalue weighted by molar-refractivity contribution is -0.00583. The Labute approximate surface area is 121 Å². The Kier molecular flexibility index (Phi) is 4.18. The van der Waals surface area contributed by atoms with Crippen LogP contribution in [-0.2, 0) is 9.57 Å². The number of hydroxylamine groups is 1. The first-order chi connectivity index (χ1) is 9.87. The van der Waals surface area contributed by atoms with Crippen LogP contribution in [0.15, 0.2) is 24.3 Å². The number of aromatic nitrogens is 3. The van der Waals surface area contributed by atoms with E-state index < -0.39 is 17.6 Å². The summed E-state index contributed by atoms with van der Waals surface area (Å²) in [4.78, 5) is 28.1. The number of hydrogen-bond donors (Lipinski definition) is 1. The highest BCUT2D eigenvalue weighted by molar-refractivity contribution is 5.89. The Bertz CT molecular complexity index is 659. The number of carbonyl (C=O) groups excluding carboxylic acids is 2. The molecule has 0 saturated carbocycles. The molecule has 0 aliphatic heterocycles. The van der Waals surface area contributed by atoms with Crippen molar-refractivity contribution in [3.05, 3.63) is 24.3 Å². The van der Waals surface area contributed by atoms with Crippen LogP contribution in [0.2, 0.25) is 0 Å². The molecule has 0 bridgehead atoms. The highest BCUT2D eigenvalue weighted by atomic mass is 16.7. The molecule has 0 radical (unpaired) electrons. The van der Waals surface area contributed by atoms with Crippen LogP contribution in [-0.4, -0.2) is 39.2 Å². The van der Waals surface area contributed by atoms with Gasteiger partial charge in [-0.05, 0) is 32.9 Å². The lowest BCUT2D eigenvalue weighted by Gasteiger charge is -2.19. The van der Waals surface area contributed by atoms with Gasteiger partial charge < -0.3 is 4.74 Å². The van der Waals surface area contributed by atoms with Crippen LogP contribution < -0.4 is 5.48 Å². The molecule has 1 N–H and O–H groups in total. The zero-order valence-corrected chi connectivity index (χ0v) is 12.0. The van der Waals surface area contributed by atoms with E-state index in [1.165, 1.54) is 0 Å². The van der Waals surface area contributed by atoms with Gasteiger partial charge in [0.1, 0.15) is 11.1 Å². The minimum atomic E-state index is -0.765. The van der Waals surface area contributed by atoms with Crippen LogP contribution in [0.3, 0.4) is 0 Å². The standard InChI is InChI=1S/C13H16N4O4/c1-13(2,3)21-12(19)15-20-8-11(18)17-10-7-5-4-6-9(10)14-16-17/h4-7H,8H2,1-3H3,(H,15,19). The van der Waals surface area contributed by atoms with Crippen LogP contribution in [0.1, 0.15) is 25.6 Å². The van der Waals surface area contributed by atoms with E-state index in [0.717, 1.165) is 4.68 Å². The summed E-state index contributed by atoms with van der Waals surface area (Å²) in [5, 5.41) is 7.60. The van der Waals surface area contributed by atoms with Gasteiger partial charge in [-0.15, -0.1) is 5.10 Å². The summed E-state index contributed by atoms with van der Waals surface area (Å²) >= 11 is 0. The number of nitrogens with one attached hydrogen (secondary N) is 1. The summed E-state index contributed by atoms with van der Waals surface area (Å²) in [5.74, 6) is -0.459. The fourth-order valence-electron chi connectivity index (χ4n) is 1.57. The third-order valence-electron chi connectivity index (χ3n) is 2.34. The van der Waals surface area contributed by atoms with Crippen molar-refractivity contribution in [1.29, 1.82) is 0 Å². The molecule has 0 atom stereocenters. The fraction of sp³-hybridized carbons (Fsp3) is 0.385. The maximum atomic E-state index is 11.9. The van der Waals surface area contributed by atoms with E-state index in [0.29, 0.717) is 11.0 Å². The number of carbonyl (C=O) groups is 2. The first-order valence-electron chi connectivity index (χ1n) is 6.31. The molecule has 1 aromatic carbocycles. The molecule has 2 rings (SSSR count). The van der Waals surface area contributed by atoms with Crippen molar-refractivity contribution in [2.75, 3.05) is 6.61 Å². The first-order valence-corrected chi connectivity index (χ1v) is 6.31. The molecule has 8 nitrogen and oxygen atoms in total. The SMILES string of the molecule is CC(C)(C)OC(=O)NOCC(=O)n1nnc2ccccc21. The Hall–Kier alpha value is -2.48. The molecule has 0 aliphatic carbocycles. The van der Waals surface area contributed by atoms with Gasteiger partial charge >= 0.3 is 6.09 Å². The largest absolute Gasteiger partial charge is 0.442 e. The number of amides is 1. The third-order valence-corrected chi connectivity index (χ3v) is 2.34. The molecule has 2 aromatic rings. The second kappa shape index (κ2) is 5.88. The van der Waals surface area contributed by atoms with Crippen LogP contribution in [0.4, 0.5) is 4.79 Å². The predicted molar refractivity (Wildman–Crippen MR) is 73.5 cm³/mol. The summed E-state index contributed by atoms with van der Waals surface area (Å²) in [6.45, 7) is 4.78. The zero-order chi connectivity index (χ0) is 15.5. The van der Waals surface area contributed by atoms with Gasteiger partial charge in [0.25, 0.3) is 5.91 Å². The number of fused-ring (bicyclic) bond motifs is 1. The second-order valence-corrected chi connectivity index (χ2v) is 5.28. The summed E-state index contributed by atoms with van der Waals surface area (Å²) in [5.41, 5.74) is 2.57. The first kappa shape index (κ1) is 14.9. The lowest BCUT2D eigenvalue weighted by atomic mass is 10.2. The molecular weight excluding hydrogens is 276 g/mol. The van der Waals surface area contributed by atoms with Crippen molar-refractivity contribution in [2.24, 2.45) is 0 Å². The molecule has 1 aromatic heterocycles. The van der Waals surface area contributed by atoms with E-state index >= 15 is 0 Å². The summed E-state index contributed by atoms with van der Waals surface area (Å²) in [6, 6.07) is 7.03. The number of benzene rings is 1. The van der Waals surface area contributed by atoms with E-state index in [2.05, 4.69) is 10.3 Å². The number of ether oxygens (including phenoxy) is 1. The average Bonchev–Trinajstić information content (AvgIpc) is 2.80. The Balaban J connectivity index is 1.89. The molecule has 0 spiro atoms. The van der Waals surface area contributed by atoms with Gasteiger partial charge in [0, 0.05) is 0 Å². The van der Waals surface area contributed by atoms with Gasteiger partial charge in [0.2, 0.25) is 0 Å². The normalized spacial score (nSPS) is 11.4. The number of rotatable bonds is 3. The van der Waals surface area contributed by atoms with E-state index in [4.69, 9.17) is 9.57 Å². The van der Waals surface area contributed by atoms with Gasteiger partial charge in [-0.25, -0.2) is 4.79 Å². The summed E-state index contributed by atoms with van der Waals surface area (Å²) in [6.07, 6.45) is -0.765. The van der Waals surface area contributed by atoms with Gasteiger partial charge in [-0.3, -0.25) is 9.63 Å². The summed E-state index contributed by atoms with van der Waals surface area (Å²) < 4.78 is 6.08. The lowest BCUT2D eigenvalue weighted by Crippen LogP contribution is -2.34. The molecular formula is C13H16N4O4. The second-order valence-electron chi connectivity index (χ2n) is 5.28. The van der Waals surface area contributed by atoms with Crippen LogP contribution >= 0.6 is 0 Å². The predicted octanol–water partition coefficient (Wildman–Crippen LogP) is 1.53. The highest BCUT2D eigenvalue weighted by Gasteiger charge is 2.17. The highest BCUT2D eigenvalue weighted by Crippen LogP contribution is 2.09. The van der Waals surface area contributed by atoms with Gasteiger partial charge in [-0.2, -0.15) is 10.2 Å². The summed E-state index contributed by atoms with van der Waals surface area (Å²) in [7, 11) is 0.